The Labute approximate surface area is 210 Å². The first-order chi connectivity index (χ1) is 16.4. The molecular formula is C27H29ClN2O3S. The van der Waals surface area contributed by atoms with Crippen LogP contribution in [0.15, 0.2) is 77.7 Å². The SMILES string of the molecule is CC1(C)OCC(CNSc2ccc(CCC(=O)c3ccc(Cl)cc3Nc3ccccc3)cc2)O1. The minimum atomic E-state index is -0.500. The molecule has 7 heteroatoms. The third-order valence-corrected chi connectivity index (χ3v) is 6.52. The van der Waals surface area contributed by atoms with Gasteiger partial charge < -0.3 is 14.8 Å². The van der Waals surface area contributed by atoms with E-state index < -0.39 is 5.79 Å². The number of hydrogen-bond donors (Lipinski definition) is 2. The Morgan fingerprint density at radius 3 is 2.56 bits per heavy atom. The van der Waals surface area contributed by atoms with Gasteiger partial charge in [-0.2, -0.15) is 0 Å². The van der Waals surface area contributed by atoms with E-state index in [9.17, 15) is 4.79 Å². The quantitative estimate of drug-likeness (QED) is 0.242. The summed E-state index contributed by atoms with van der Waals surface area (Å²) >= 11 is 7.76. The summed E-state index contributed by atoms with van der Waals surface area (Å²) < 4.78 is 14.7. The molecule has 0 spiro atoms. The molecule has 0 aliphatic carbocycles. The highest BCUT2D eigenvalue weighted by molar-refractivity contribution is 7.97. The minimum absolute atomic E-state index is 0.0573. The zero-order valence-corrected chi connectivity index (χ0v) is 20.9. The average molecular weight is 497 g/mol. The molecule has 1 aliphatic heterocycles. The smallest absolute Gasteiger partial charge is 0.165 e. The molecule has 34 heavy (non-hydrogen) atoms. The topological polar surface area (TPSA) is 59.6 Å². The Balaban J connectivity index is 1.28. The van der Waals surface area contributed by atoms with E-state index in [1.807, 2.05) is 44.2 Å². The third kappa shape index (κ3) is 7.08. The van der Waals surface area contributed by atoms with E-state index >= 15 is 0 Å². The van der Waals surface area contributed by atoms with Crippen molar-refractivity contribution >= 4 is 40.7 Å². The number of carbonyl (C=O) groups is 1. The summed E-state index contributed by atoms with van der Waals surface area (Å²) in [4.78, 5) is 14.1. The van der Waals surface area contributed by atoms with Crippen LogP contribution in [0.1, 0.15) is 36.2 Å². The van der Waals surface area contributed by atoms with E-state index in [0.717, 1.165) is 21.8 Å². The number of halogens is 1. The fourth-order valence-electron chi connectivity index (χ4n) is 3.74. The van der Waals surface area contributed by atoms with Gasteiger partial charge in [0.25, 0.3) is 0 Å². The maximum Gasteiger partial charge on any atom is 0.165 e. The van der Waals surface area contributed by atoms with Crippen LogP contribution < -0.4 is 10.0 Å². The second-order valence-corrected chi connectivity index (χ2v) is 10.0. The van der Waals surface area contributed by atoms with Gasteiger partial charge in [-0.1, -0.05) is 41.9 Å². The number of rotatable bonds is 10. The van der Waals surface area contributed by atoms with E-state index in [2.05, 4.69) is 34.3 Å². The summed E-state index contributed by atoms with van der Waals surface area (Å²) in [6, 6.07) is 23.4. The third-order valence-electron chi connectivity index (χ3n) is 5.47. The lowest BCUT2D eigenvalue weighted by Gasteiger charge is -2.17. The second kappa shape index (κ2) is 11.4. The van der Waals surface area contributed by atoms with Crippen molar-refractivity contribution in [2.24, 2.45) is 0 Å². The van der Waals surface area contributed by atoms with Gasteiger partial charge in [-0.15, -0.1) is 0 Å². The Bertz CT molecular complexity index is 1110. The number of hydrogen-bond acceptors (Lipinski definition) is 6. The normalized spacial score (nSPS) is 17.0. The van der Waals surface area contributed by atoms with Gasteiger partial charge in [0, 0.05) is 34.1 Å². The summed E-state index contributed by atoms with van der Waals surface area (Å²) in [7, 11) is 0. The second-order valence-electron chi connectivity index (χ2n) is 8.65. The highest BCUT2D eigenvalue weighted by Crippen LogP contribution is 2.27. The Morgan fingerprint density at radius 1 is 1.09 bits per heavy atom. The maximum atomic E-state index is 13.0. The summed E-state index contributed by atoms with van der Waals surface area (Å²) in [5.74, 6) is -0.419. The van der Waals surface area contributed by atoms with Crippen LogP contribution in [-0.2, 0) is 15.9 Å². The van der Waals surface area contributed by atoms with Gasteiger partial charge in [-0.25, -0.2) is 0 Å². The average Bonchev–Trinajstić information content (AvgIpc) is 3.17. The van der Waals surface area contributed by atoms with Crippen molar-refractivity contribution in [3.05, 3.63) is 88.9 Å². The number of ether oxygens (including phenoxy) is 2. The van der Waals surface area contributed by atoms with E-state index in [4.69, 9.17) is 21.1 Å². The number of nitrogens with one attached hydrogen (secondary N) is 2. The molecule has 1 saturated heterocycles. The van der Waals surface area contributed by atoms with Crippen molar-refractivity contribution in [3.8, 4) is 0 Å². The Morgan fingerprint density at radius 2 is 1.85 bits per heavy atom. The summed E-state index contributed by atoms with van der Waals surface area (Å²) in [5.41, 5.74) is 3.40. The molecule has 0 saturated carbocycles. The molecule has 0 radical (unpaired) electrons. The molecule has 0 aromatic heterocycles. The molecule has 2 N–H and O–H groups in total. The zero-order valence-electron chi connectivity index (χ0n) is 19.3. The summed E-state index contributed by atoms with van der Waals surface area (Å²) in [6.07, 6.45) is 1.15. The van der Waals surface area contributed by atoms with Crippen LogP contribution in [0.4, 0.5) is 11.4 Å². The first kappa shape index (κ1) is 24.8. The predicted molar refractivity (Wildman–Crippen MR) is 139 cm³/mol. The van der Waals surface area contributed by atoms with Gasteiger partial charge >= 0.3 is 0 Å². The fraction of sp³-hybridized carbons (Fsp3) is 0.296. The van der Waals surface area contributed by atoms with Crippen LogP contribution in [0.25, 0.3) is 0 Å². The van der Waals surface area contributed by atoms with Crippen LogP contribution in [-0.4, -0.2) is 30.8 Å². The molecule has 1 unspecified atom stereocenters. The van der Waals surface area contributed by atoms with E-state index in [0.29, 0.717) is 36.6 Å². The lowest BCUT2D eigenvalue weighted by atomic mass is 10.0. The van der Waals surface area contributed by atoms with Crippen molar-refractivity contribution in [2.75, 3.05) is 18.5 Å². The lowest BCUT2D eigenvalue weighted by molar-refractivity contribution is -0.137. The van der Waals surface area contributed by atoms with Gasteiger partial charge in [0.1, 0.15) is 0 Å². The fourth-order valence-corrected chi connectivity index (χ4v) is 4.62. The molecule has 178 valence electrons. The van der Waals surface area contributed by atoms with Gasteiger partial charge in [0.2, 0.25) is 0 Å². The zero-order chi connectivity index (χ0) is 24.0. The number of benzene rings is 3. The molecule has 5 nitrogen and oxygen atoms in total. The van der Waals surface area contributed by atoms with Crippen molar-refractivity contribution in [2.45, 2.75) is 43.5 Å². The molecule has 1 atom stereocenters. The van der Waals surface area contributed by atoms with Gasteiger partial charge in [0.15, 0.2) is 11.6 Å². The van der Waals surface area contributed by atoms with Crippen LogP contribution in [0.2, 0.25) is 5.02 Å². The van der Waals surface area contributed by atoms with E-state index in [1.54, 1.807) is 30.1 Å². The minimum Gasteiger partial charge on any atom is -0.355 e. The molecule has 1 heterocycles. The van der Waals surface area contributed by atoms with Crippen molar-refractivity contribution in [1.29, 1.82) is 0 Å². The van der Waals surface area contributed by atoms with Crippen LogP contribution >= 0.6 is 23.5 Å². The molecular weight excluding hydrogens is 468 g/mol. The van der Waals surface area contributed by atoms with E-state index in [1.165, 1.54) is 0 Å². The molecule has 4 rings (SSSR count). The standard InChI is InChI=1S/C27H29ClN2O3S/c1-27(2)32-18-22(33-27)17-29-34-23-12-8-19(9-13-23)10-15-26(31)24-14-11-20(28)16-25(24)30-21-6-4-3-5-7-21/h3-9,11-14,16,22,29-30H,10,15,17-18H2,1-2H3. The van der Waals surface area contributed by atoms with Crippen molar-refractivity contribution < 1.29 is 14.3 Å². The molecule has 1 aliphatic rings. The number of Topliss-reactive ketones (excluding diaryl/α,β-unsaturated/α-hetero) is 1. The molecule has 3 aromatic rings. The Kier molecular flexibility index (Phi) is 8.29. The van der Waals surface area contributed by atoms with Crippen LogP contribution in [0.5, 0.6) is 0 Å². The van der Waals surface area contributed by atoms with Crippen molar-refractivity contribution in [1.82, 2.24) is 4.72 Å². The van der Waals surface area contributed by atoms with Crippen LogP contribution in [0, 0.1) is 0 Å². The Hall–Kier alpha value is -2.35. The highest BCUT2D eigenvalue weighted by atomic mass is 35.5. The lowest BCUT2D eigenvalue weighted by Crippen LogP contribution is -2.27. The van der Waals surface area contributed by atoms with Gasteiger partial charge in [0.05, 0.1) is 18.4 Å². The maximum absolute atomic E-state index is 13.0. The molecule has 0 bridgehead atoms. The van der Waals surface area contributed by atoms with Crippen LogP contribution in [0.3, 0.4) is 0 Å². The predicted octanol–water partition coefficient (Wildman–Crippen LogP) is 6.65. The molecule has 3 aromatic carbocycles. The molecule has 0 amide bonds. The molecule has 1 fully saturated rings. The largest absolute Gasteiger partial charge is 0.355 e. The van der Waals surface area contributed by atoms with Gasteiger partial charge in [-0.3, -0.25) is 9.52 Å². The first-order valence-electron chi connectivity index (χ1n) is 11.3. The number of para-hydroxylation sites is 1. The summed E-state index contributed by atoms with van der Waals surface area (Å²) in [6.45, 7) is 5.17. The van der Waals surface area contributed by atoms with Crippen molar-refractivity contribution in [3.63, 3.8) is 0 Å². The first-order valence-corrected chi connectivity index (χ1v) is 12.5. The number of ketones is 1. The monoisotopic (exact) mass is 496 g/mol. The summed E-state index contributed by atoms with van der Waals surface area (Å²) in [5, 5.41) is 3.90. The van der Waals surface area contributed by atoms with Gasteiger partial charge in [-0.05, 0) is 80.2 Å². The van der Waals surface area contributed by atoms with E-state index in [-0.39, 0.29) is 11.9 Å². The number of anilines is 2. The number of aryl methyl sites for hydroxylation is 1. The number of carbonyl (C=O) groups excluding carboxylic acids is 1. The highest BCUT2D eigenvalue weighted by Gasteiger charge is 2.32.